The van der Waals surface area contributed by atoms with E-state index in [0.29, 0.717) is 18.0 Å². The average Bonchev–Trinajstić information content (AvgIpc) is 3.16. The molecule has 1 aromatic carbocycles. The number of nitrogens with two attached hydrogens (primary N) is 1. The van der Waals surface area contributed by atoms with Crippen LogP contribution >= 0.6 is 0 Å². The van der Waals surface area contributed by atoms with Gasteiger partial charge in [-0.2, -0.15) is 5.10 Å². The number of carbonyl (C=O) groups excluding carboxylic acids is 1. The fraction of sp³-hybridized carbons (Fsp3) is 0.412. The number of anilines is 1. The molecule has 1 aliphatic heterocycles. The highest BCUT2D eigenvalue weighted by Gasteiger charge is 2.32. The van der Waals surface area contributed by atoms with Crippen molar-refractivity contribution in [3.05, 3.63) is 41.6 Å². The third-order valence-electron chi connectivity index (χ3n) is 4.30. The maximum Gasteiger partial charge on any atom is 0.259 e. The molecule has 1 amide bonds. The molecular formula is C17H22N4O2. The van der Waals surface area contributed by atoms with E-state index in [2.05, 4.69) is 5.10 Å². The molecule has 1 fully saturated rings. The lowest BCUT2D eigenvalue weighted by atomic mass is 10.0. The Morgan fingerprint density at radius 3 is 2.74 bits per heavy atom. The van der Waals surface area contributed by atoms with Crippen LogP contribution in [0, 0.1) is 0 Å². The number of ether oxygens (including phenoxy) is 1. The van der Waals surface area contributed by atoms with Gasteiger partial charge in [-0.25, -0.2) is 0 Å². The molecule has 23 heavy (non-hydrogen) atoms. The van der Waals surface area contributed by atoms with E-state index in [1.54, 1.807) is 13.2 Å². The Hall–Kier alpha value is -2.50. The molecule has 3 rings (SSSR count). The van der Waals surface area contributed by atoms with Gasteiger partial charge in [0.15, 0.2) is 0 Å². The quantitative estimate of drug-likeness (QED) is 0.940. The molecule has 1 atom stereocenters. The normalized spacial score (nSPS) is 17.5. The van der Waals surface area contributed by atoms with Gasteiger partial charge in [-0.3, -0.25) is 9.48 Å². The Kier molecular flexibility index (Phi) is 4.23. The van der Waals surface area contributed by atoms with E-state index in [9.17, 15) is 4.79 Å². The number of rotatable bonds is 4. The van der Waals surface area contributed by atoms with E-state index in [1.165, 1.54) is 4.68 Å². The first-order valence-electron chi connectivity index (χ1n) is 7.93. The van der Waals surface area contributed by atoms with Gasteiger partial charge in [0.1, 0.15) is 17.1 Å². The summed E-state index contributed by atoms with van der Waals surface area (Å²) in [6.45, 7) is 3.35. The lowest BCUT2D eigenvalue weighted by Crippen LogP contribution is -2.31. The first-order chi connectivity index (χ1) is 11.1. The highest BCUT2D eigenvalue weighted by atomic mass is 16.5. The Balaban J connectivity index is 1.82. The second-order valence-electron chi connectivity index (χ2n) is 5.73. The zero-order valence-electron chi connectivity index (χ0n) is 13.5. The summed E-state index contributed by atoms with van der Waals surface area (Å²) in [5, 5.41) is 4.07. The van der Waals surface area contributed by atoms with Crippen LogP contribution in [0.1, 0.15) is 41.7 Å². The van der Waals surface area contributed by atoms with Crippen molar-refractivity contribution >= 4 is 11.7 Å². The highest BCUT2D eigenvalue weighted by molar-refractivity contribution is 5.98. The van der Waals surface area contributed by atoms with Gasteiger partial charge in [0, 0.05) is 13.6 Å². The molecule has 0 saturated carbocycles. The first-order valence-corrected chi connectivity index (χ1v) is 7.93. The van der Waals surface area contributed by atoms with Crippen molar-refractivity contribution in [2.24, 2.45) is 7.05 Å². The van der Waals surface area contributed by atoms with Crippen LogP contribution in [0.15, 0.2) is 30.5 Å². The smallest absolute Gasteiger partial charge is 0.259 e. The second kappa shape index (κ2) is 6.32. The van der Waals surface area contributed by atoms with Gasteiger partial charge in [0.25, 0.3) is 5.91 Å². The predicted octanol–water partition coefficient (Wildman–Crippen LogP) is 2.38. The third-order valence-corrected chi connectivity index (χ3v) is 4.30. The number of likely N-dealkylation sites (tertiary alicyclic amines) is 1. The number of hydrogen-bond acceptors (Lipinski definition) is 4. The van der Waals surface area contributed by atoms with Crippen molar-refractivity contribution in [3.63, 3.8) is 0 Å². The Morgan fingerprint density at radius 1 is 1.39 bits per heavy atom. The van der Waals surface area contributed by atoms with Crippen LogP contribution in [0.3, 0.4) is 0 Å². The molecule has 6 nitrogen and oxygen atoms in total. The van der Waals surface area contributed by atoms with Gasteiger partial charge >= 0.3 is 0 Å². The summed E-state index contributed by atoms with van der Waals surface area (Å²) in [7, 11) is 1.74. The standard InChI is InChI=1S/C17H22N4O2/c1-3-23-13-8-6-12(7-9-13)15-5-4-10-21(15)17(22)14-11-19-20(2)16(14)18/h6-9,11,15H,3-5,10,18H2,1-2H3. The van der Waals surface area contributed by atoms with Gasteiger partial charge in [0.2, 0.25) is 0 Å². The van der Waals surface area contributed by atoms with Crippen molar-refractivity contribution in [1.82, 2.24) is 14.7 Å². The summed E-state index contributed by atoms with van der Waals surface area (Å²) in [6.07, 6.45) is 3.49. The van der Waals surface area contributed by atoms with Crippen molar-refractivity contribution in [3.8, 4) is 5.75 Å². The van der Waals surface area contributed by atoms with Crippen LogP contribution in [0.5, 0.6) is 5.75 Å². The molecule has 2 heterocycles. The summed E-state index contributed by atoms with van der Waals surface area (Å²) in [6, 6.07) is 8.07. The molecule has 2 N–H and O–H groups in total. The number of amides is 1. The van der Waals surface area contributed by atoms with E-state index < -0.39 is 0 Å². The fourth-order valence-electron chi connectivity index (χ4n) is 3.08. The van der Waals surface area contributed by atoms with Crippen LogP contribution < -0.4 is 10.5 Å². The molecule has 0 aliphatic carbocycles. The maximum absolute atomic E-state index is 12.8. The lowest BCUT2D eigenvalue weighted by molar-refractivity contribution is 0.0736. The number of aryl methyl sites for hydroxylation is 1. The first kappa shape index (κ1) is 15.4. The summed E-state index contributed by atoms with van der Waals surface area (Å²) in [4.78, 5) is 14.7. The third kappa shape index (κ3) is 2.88. The van der Waals surface area contributed by atoms with Gasteiger partial charge in [-0.15, -0.1) is 0 Å². The molecule has 1 aromatic heterocycles. The Morgan fingerprint density at radius 2 is 2.13 bits per heavy atom. The monoisotopic (exact) mass is 314 g/mol. The van der Waals surface area contributed by atoms with Crippen LogP contribution in [-0.2, 0) is 7.05 Å². The molecule has 2 aromatic rings. The van der Waals surface area contributed by atoms with Gasteiger partial charge in [-0.1, -0.05) is 12.1 Å². The zero-order valence-corrected chi connectivity index (χ0v) is 13.5. The number of nitrogens with zero attached hydrogens (tertiary/aromatic N) is 3. The molecule has 1 unspecified atom stereocenters. The van der Waals surface area contributed by atoms with Crippen LogP contribution in [-0.4, -0.2) is 33.7 Å². The average molecular weight is 314 g/mol. The summed E-state index contributed by atoms with van der Waals surface area (Å²) >= 11 is 0. The van der Waals surface area contributed by atoms with E-state index in [-0.39, 0.29) is 11.9 Å². The van der Waals surface area contributed by atoms with Crippen LogP contribution in [0.2, 0.25) is 0 Å². The molecule has 1 aliphatic rings. The number of hydrogen-bond donors (Lipinski definition) is 1. The molecule has 122 valence electrons. The van der Waals surface area contributed by atoms with E-state index >= 15 is 0 Å². The van der Waals surface area contributed by atoms with Crippen LogP contribution in [0.25, 0.3) is 0 Å². The minimum absolute atomic E-state index is 0.0491. The molecule has 0 bridgehead atoms. The van der Waals surface area contributed by atoms with Crippen molar-refractivity contribution < 1.29 is 9.53 Å². The van der Waals surface area contributed by atoms with Crippen molar-refractivity contribution in [1.29, 1.82) is 0 Å². The van der Waals surface area contributed by atoms with Crippen LogP contribution in [0.4, 0.5) is 5.82 Å². The second-order valence-corrected chi connectivity index (χ2v) is 5.73. The van der Waals surface area contributed by atoms with Crippen molar-refractivity contribution in [2.45, 2.75) is 25.8 Å². The summed E-state index contributed by atoms with van der Waals surface area (Å²) < 4.78 is 7.00. The van der Waals surface area contributed by atoms with Gasteiger partial charge in [0.05, 0.1) is 18.8 Å². The largest absolute Gasteiger partial charge is 0.494 e. The maximum atomic E-state index is 12.8. The lowest BCUT2D eigenvalue weighted by Gasteiger charge is -2.25. The Bertz CT molecular complexity index is 693. The van der Waals surface area contributed by atoms with E-state index in [0.717, 1.165) is 30.7 Å². The number of carbonyl (C=O) groups is 1. The highest BCUT2D eigenvalue weighted by Crippen LogP contribution is 2.34. The minimum Gasteiger partial charge on any atom is -0.494 e. The summed E-state index contributed by atoms with van der Waals surface area (Å²) in [5.74, 6) is 1.21. The fourth-order valence-corrected chi connectivity index (χ4v) is 3.08. The molecular weight excluding hydrogens is 292 g/mol. The molecule has 0 radical (unpaired) electrons. The van der Waals surface area contributed by atoms with Crippen molar-refractivity contribution in [2.75, 3.05) is 18.9 Å². The summed E-state index contributed by atoms with van der Waals surface area (Å²) in [5.41, 5.74) is 7.55. The van der Waals surface area contributed by atoms with E-state index in [1.807, 2.05) is 36.1 Å². The topological polar surface area (TPSA) is 73.4 Å². The molecule has 0 spiro atoms. The molecule has 6 heteroatoms. The number of aromatic nitrogens is 2. The zero-order chi connectivity index (χ0) is 16.4. The molecule has 1 saturated heterocycles. The van der Waals surface area contributed by atoms with E-state index in [4.69, 9.17) is 10.5 Å². The predicted molar refractivity (Wildman–Crippen MR) is 88.2 cm³/mol. The Labute approximate surface area is 135 Å². The minimum atomic E-state index is -0.0491. The SMILES string of the molecule is CCOc1ccc(C2CCCN2C(=O)c2cnn(C)c2N)cc1. The van der Waals surface area contributed by atoms with Gasteiger partial charge in [-0.05, 0) is 37.5 Å². The number of nitrogen functional groups attached to an aromatic ring is 1. The van der Waals surface area contributed by atoms with Gasteiger partial charge < -0.3 is 15.4 Å². The number of benzene rings is 1.